The van der Waals surface area contributed by atoms with Gasteiger partial charge < -0.3 is 5.32 Å². The Morgan fingerprint density at radius 1 is 1.23 bits per heavy atom. The van der Waals surface area contributed by atoms with E-state index in [1.54, 1.807) is 0 Å². The van der Waals surface area contributed by atoms with E-state index in [-0.39, 0.29) is 15.6 Å². The van der Waals surface area contributed by atoms with Gasteiger partial charge in [0.25, 0.3) is 0 Å². The number of halogens is 4. The van der Waals surface area contributed by atoms with E-state index in [1.807, 2.05) is 20.8 Å². The second-order valence-electron chi connectivity index (χ2n) is 5.36. The molecule has 2 heterocycles. The number of aromatic nitrogens is 3. The minimum atomic E-state index is -4.47. The molecule has 4 nitrogen and oxygen atoms in total. The van der Waals surface area contributed by atoms with Crippen LogP contribution in [0.5, 0.6) is 0 Å². The van der Waals surface area contributed by atoms with Crippen molar-refractivity contribution in [1.82, 2.24) is 15.2 Å². The Kier molecular flexibility index (Phi) is 4.88. The Morgan fingerprint density at radius 3 is 2.45 bits per heavy atom. The molecular weight excluding hydrogens is 357 g/mol. The van der Waals surface area contributed by atoms with Crippen LogP contribution in [0.1, 0.15) is 26.3 Å². The summed E-state index contributed by atoms with van der Waals surface area (Å²) in [6.45, 7) is 5.94. The van der Waals surface area contributed by atoms with Crippen LogP contribution < -0.4 is 5.32 Å². The summed E-state index contributed by atoms with van der Waals surface area (Å²) < 4.78 is 38.2. The Hall–Kier alpha value is -1.06. The summed E-state index contributed by atoms with van der Waals surface area (Å²) in [4.78, 5) is 3.75. The lowest BCUT2D eigenvalue weighted by atomic mass is 10.1. The summed E-state index contributed by atoms with van der Waals surface area (Å²) in [6, 6.07) is 0.853. The van der Waals surface area contributed by atoms with Crippen molar-refractivity contribution in [1.29, 1.82) is 0 Å². The van der Waals surface area contributed by atoms with Crippen molar-refractivity contribution in [3.05, 3.63) is 22.8 Å². The molecule has 0 bridgehead atoms. The number of alkyl halides is 3. The Morgan fingerprint density at radius 2 is 1.91 bits per heavy atom. The minimum absolute atomic E-state index is 0.0691. The van der Waals surface area contributed by atoms with E-state index in [1.165, 1.54) is 11.3 Å². The van der Waals surface area contributed by atoms with Crippen molar-refractivity contribution in [2.75, 3.05) is 5.32 Å². The standard InChI is InChI=1S/C12H12ClF3N4S2/c1-11(2,3)18-9-19-20-10(22-9)21-8-7(13)4-6(5-17-8)12(14,15)16/h4-5H,1-3H3,(H,18,19). The van der Waals surface area contributed by atoms with Crippen molar-refractivity contribution < 1.29 is 13.2 Å². The molecule has 22 heavy (non-hydrogen) atoms. The van der Waals surface area contributed by atoms with E-state index >= 15 is 0 Å². The molecule has 0 aromatic carbocycles. The first-order valence-corrected chi connectivity index (χ1v) is 8.08. The van der Waals surface area contributed by atoms with Crippen LogP contribution >= 0.6 is 34.7 Å². The predicted octanol–water partition coefficient (Wildman–Crippen LogP) is 4.97. The first-order chi connectivity index (χ1) is 10.0. The van der Waals surface area contributed by atoms with Gasteiger partial charge in [-0.25, -0.2) is 4.98 Å². The van der Waals surface area contributed by atoms with E-state index in [4.69, 9.17) is 11.6 Å². The molecule has 0 unspecified atom stereocenters. The van der Waals surface area contributed by atoms with Gasteiger partial charge in [-0.3, -0.25) is 0 Å². The first kappa shape index (κ1) is 17.3. The van der Waals surface area contributed by atoms with Gasteiger partial charge in [-0.15, -0.1) is 10.2 Å². The van der Waals surface area contributed by atoms with Crippen LogP contribution in [0.2, 0.25) is 5.02 Å². The normalized spacial score (nSPS) is 12.5. The molecule has 0 spiro atoms. The fourth-order valence-electron chi connectivity index (χ4n) is 1.36. The van der Waals surface area contributed by atoms with Gasteiger partial charge >= 0.3 is 6.18 Å². The van der Waals surface area contributed by atoms with Gasteiger partial charge in [-0.05, 0) is 38.6 Å². The summed E-state index contributed by atoms with van der Waals surface area (Å²) in [5, 5.41) is 11.9. The van der Waals surface area contributed by atoms with Gasteiger partial charge in [-0.2, -0.15) is 13.2 Å². The summed E-state index contributed by atoms with van der Waals surface area (Å²) >= 11 is 8.21. The molecule has 0 saturated heterocycles. The third kappa shape index (κ3) is 4.72. The molecule has 0 saturated carbocycles. The monoisotopic (exact) mass is 368 g/mol. The summed E-state index contributed by atoms with van der Waals surface area (Å²) in [5.41, 5.74) is -1.04. The maximum absolute atomic E-state index is 12.6. The molecule has 1 N–H and O–H groups in total. The zero-order valence-corrected chi connectivity index (χ0v) is 14.2. The van der Waals surface area contributed by atoms with E-state index < -0.39 is 11.7 Å². The molecule has 120 valence electrons. The highest BCUT2D eigenvalue weighted by molar-refractivity contribution is 8.01. The molecule has 10 heteroatoms. The summed E-state index contributed by atoms with van der Waals surface area (Å²) in [5.74, 6) is 0. The van der Waals surface area contributed by atoms with E-state index in [0.717, 1.165) is 24.0 Å². The predicted molar refractivity (Wildman–Crippen MR) is 81.7 cm³/mol. The largest absolute Gasteiger partial charge is 0.417 e. The maximum atomic E-state index is 12.6. The van der Waals surface area contributed by atoms with Gasteiger partial charge in [0.2, 0.25) is 5.13 Å². The van der Waals surface area contributed by atoms with Crippen LogP contribution in [0.25, 0.3) is 0 Å². The zero-order valence-electron chi connectivity index (χ0n) is 11.8. The van der Waals surface area contributed by atoms with Crippen molar-refractivity contribution in [2.24, 2.45) is 0 Å². The zero-order chi connectivity index (χ0) is 16.5. The lowest BCUT2D eigenvalue weighted by Crippen LogP contribution is -2.25. The highest BCUT2D eigenvalue weighted by atomic mass is 35.5. The molecule has 0 radical (unpaired) electrons. The molecule has 2 aromatic heterocycles. The van der Waals surface area contributed by atoms with Crippen molar-refractivity contribution in [3.8, 4) is 0 Å². The van der Waals surface area contributed by atoms with Gasteiger partial charge in [-0.1, -0.05) is 22.9 Å². The lowest BCUT2D eigenvalue weighted by molar-refractivity contribution is -0.137. The molecule has 0 aliphatic carbocycles. The fraction of sp³-hybridized carbons (Fsp3) is 0.417. The molecule has 2 rings (SSSR count). The second-order valence-corrected chi connectivity index (χ2v) is 7.98. The Bertz CT molecular complexity index is 667. The average Bonchev–Trinajstić information content (AvgIpc) is 2.75. The molecule has 0 aliphatic rings. The van der Waals surface area contributed by atoms with Crippen LogP contribution in [0.4, 0.5) is 18.3 Å². The van der Waals surface area contributed by atoms with Crippen LogP contribution in [0.15, 0.2) is 21.6 Å². The van der Waals surface area contributed by atoms with Crippen LogP contribution in [-0.2, 0) is 6.18 Å². The molecular formula is C12H12ClF3N4S2. The maximum Gasteiger partial charge on any atom is 0.417 e. The fourth-order valence-corrected chi connectivity index (χ4v) is 3.48. The summed E-state index contributed by atoms with van der Waals surface area (Å²) in [7, 11) is 0. The molecule has 0 aliphatic heterocycles. The summed E-state index contributed by atoms with van der Waals surface area (Å²) in [6.07, 6.45) is -3.71. The number of anilines is 1. The van der Waals surface area contributed by atoms with Gasteiger partial charge in [0, 0.05) is 11.7 Å². The third-order valence-electron chi connectivity index (χ3n) is 2.21. The number of nitrogens with zero attached hydrogens (tertiary/aromatic N) is 3. The molecule has 0 fully saturated rings. The van der Waals surface area contributed by atoms with Crippen molar-refractivity contribution in [2.45, 2.75) is 41.9 Å². The smallest absolute Gasteiger partial charge is 0.355 e. The molecule has 0 amide bonds. The van der Waals surface area contributed by atoms with Crippen LogP contribution in [0, 0.1) is 0 Å². The van der Waals surface area contributed by atoms with E-state index in [0.29, 0.717) is 9.47 Å². The van der Waals surface area contributed by atoms with Gasteiger partial charge in [0.05, 0.1) is 10.6 Å². The number of hydrogen-bond donors (Lipinski definition) is 1. The van der Waals surface area contributed by atoms with Crippen molar-refractivity contribution in [3.63, 3.8) is 0 Å². The topological polar surface area (TPSA) is 50.7 Å². The highest BCUT2D eigenvalue weighted by Crippen LogP contribution is 2.37. The van der Waals surface area contributed by atoms with Gasteiger partial charge in [0.15, 0.2) is 4.34 Å². The molecule has 2 aromatic rings. The second kappa shape index (κ2) is 6.21. The van der Waals surface area contributed by atoms with Crippen LogP contribution in [0.3, 0.4) is 0 Å². The first-order valence-electron chi connectivity index (χ1n) is 6.07. The van der Waals surface area contributed by atoms with E-state index in [9.17, 15) is 13.2 Å². The number of pyridine rings is 1. The number of hydrogen-bond acceptors (Lipinski definition) is 6. The van der Waals surface area contributed by atoms with Gasteiger partial charge in [0.1, 0.15) is 5.03 Å². The lowest BCUT2D eigenvalue weighted by Gasteiger charge is -2.18. The highest BCUT2D eigenvalue weighted by Gasteiger charge is 2.31. The van der Waals surface area contributed by atoms with E-state index in [2.05, 4.69) is 20.5 Å². The van der Waals surface area contributed by atoms with Crippen LogP contribution in [-0.4, -0.2) is 20.7 Å². The minimum Gasteiger partial charge on any atom is -0.355 e. The number of rotatable bonds is 3. The Balaban J connectivity index is 2.15. The average molecular weight is 369 g/mol. The SMILES string of the molecule is CC(C)(C)Nc1nnc(Sc2ncc(C(F)(F)F)cc2Cl)s1. The Labute approximate surface area is 138 Å². The molecule has 0 atom stereocenters. The van der Waals surface area contributed by atoms with Crippen molar-refractivity contribution >= 4 is 39.8 Å². The quantitative estimate of drug-likeness (QED) is 0.829. The third-order valence-corrected chi connectivity index (χ3v) is 4.52. The number of nitrogens with one attached hydrogen (secondary N) is 1.